The van der Waals surface area contributed by atoms with E-state index < -0.39 is 18.0 Å². The molecule has 130 valence electrons. The van der Waals surface area contributed by atoms with Crippen molar-refractivity contribution in [3.8, 4) is 11.5 Å². The Kier molecular flexibility index (Phi) is 5.68. The summed E-state index contributed by atoms with van der Waals surface area (Å²) in [6.45, 7) is 6.36. The minimum atomic E-state index is -0.687. The Hall–Kier alpha value is -2.70. The molecule has 0 radical (unpaired) electrons. The molecule has 0 aliphatic carbocycles. The number of amides is 2. The van der Waals surface area contributed by atoms with Gasteiger partial charge >= 0.3 is 12.0 Å². The van der Waals surface area contributed by atoms with Gasteiger partial charge in [0, 0.05) is 11.3 Å². The maximum Gasteiger partial charge on any atom is 0.337 e. The summed E-state index contributed by atoms with van der Waals surface area (Å²) < 4.78 is 16.0. The Morgan fingerprint density at radius 1 is 1.21 bits per heavy atom. The van der Waals surface area contributed by atoms with Crippen LogP contribution in [0.2, 0.25) is 0 Å². The third-order valence-corrected chi connectivity index (χ3v) is 3.58. The molecule has 1 aromatic rings. The Morgan fingerprint density at radius 2 is 1.92 bits per heavy atom. The lowest BCUT2D eigenvalue weighted by atomic mass is 9.94. The lowest BCUT2D eigenvalue weighted by Crippen LogP contribution is -2.45. The first kappa shape index (κ1) is 17.7. The molecule has 7 heteroatoms. The number of ether oxygens (including phenoxy) is 3. The van der Waals surface area contributed by atoms with E-state index in [1.54, 1.807) is 25.1 Å². The van der Waals surface area contributed by atoms with E-state index in [0.29, 0.717) is 41.5 Å². The predicted octanol–water partition coefficient (Wildman–Crippen LogP) is 2.28. The summed E-state index contributed by atoms with van der Waals surface area (Å²) in [6.07, 6.45) is 0. The molecule has 0 fully saturated rings. The summed E-state index contributed by atoms with van der Waals surface area (Å²) in [5.41, 5.74) is 1.41. The van der Waals surface area contributed by atoms with Gasteiger partial charge in [-0.05, 0) is 39.0 Å². The Bertz CT molecular complexity index is 669. The minimum absolute atomic E-state index is 0.326. The largest absolute Gasteiger partial charge is 0.494 e. The van der Waals surface area contributed by atoms with Gasteiger partial charge in [-0.2, -0.15) is 0 Å². The van der Waals surface area contributed by atoms with Crippen LogP contribution in [0.1, 0.15) is 32.4 Å². The molecular weight excluding hydrogens is 312 g/mol. The number of hydrogen-bond acceptors (Lipinski definition) is 5. The van der Waals surface area contributed by atoms with E-state index in [-0.39, 0.29) is 0 Å². The fourth-order valence-corrected chi connectivity index (χ4v) is 2.60. The molecule has 1 aliphatic rings. The van der Waals surface area contributed by atoms with Gasteiger partial charge in [0.2, 0.25) is 0 Å². The molecule has 0 saturated carbocycles. The van der Waals surface area contributed by atoms with Crippen LogP contribution in [-0.4, -0.2) is 32.3 Å². The average molecular weight is 334 g/mol. The molecule has 0 saturated heterocycles. The van der Waals surface area contributed by atoms with E-state index in [1.165, 1.54) is 7.11 Å². The highest BCUT2D eigenvalue weighted by atomic mass is 16.5. The SMILES string of the molecule is CCOc1ccc(OCC)c(C2NC(=O)NC(C)=C2C(=O)OC)c1. The van der Waals surface area contributed by atoms with Crippen molar-refractivity contribution in [1.82, 2.24) is 10.6 Å². The van der Waals surface area contributed by atoms with Crippen molar-refractivity contribution in [2.75, 3.05) is 20.3 Å². The first-order chi connectivity index (χ1) is 11.5. The fourth-order valence-electron chi connectivity index (χ4n) is 2.60. The van der Waals surface area contributed by atoms with E-state index in [4.69, 9.17) is 14.2 Å². The van der Waals surface area contributed by atoms with Gasteiger partial charge in [0.25, 0.3) is 0 Å². The topological polar surface area (TPSA) is 85.9 Å². The standard InChI is InChI=1S/C17H22N2O5/c1-5-23-11-7-8-13(24-6-2)12(9-11)15-14(16(20)22-4)10(3)18-17(21)19-15/h7-9,15H,5-6H2,1-4H3,(H2,18,19,21). The van der Waals surface area contributed by atoms with Crippen LogP contribution in [0.4, 0.5) is 4.79 Å². The number of hydrogen-bond donors (Lipinski definition) is 2. The number of nitrogens with one attached hydrogen (secondary N) is 2. The van der Waals surface area contributed by atoms with Crippen LogP contribution in [0.25, 0.3) is 0 Å². The molecule has 24 heavy (non-hydrogen) atoms. The van der Waals surface area contributed by atoms with E-state index >= 15 is 0 Å². The molecule has 0 spiro atoms. The monoisotopic (exact) mass is 334 g/mol. The number of carbonyl (C=O) groups excluding carboxylic acids is 2. The predicted molar refractivity (Wildman–Crippen MR) is 87.9 cm³/mol. The number of rotatable bonds is 6. The lowest BCUT2D eigenvalue weighted by Gasteiger charge is -2.29. The third kappa shape index (κ3) is 3.61. The first-order valence-electron chi connectivity index (χ1n) is 7.77. The van der Waals surface area contributed by atoms with Crippen molar-refractivity contribution in [2.24, 2.45) is 0 Å². The minimum Gasteiger partial charge on any atom is -0.494 e. The zero-order valence-electron chi connectivity index (χ0n) is 14.3. The first-order valence-corrected chi connectivity index (χ1v) is 7.77. The van der Waals surface area contributed by atoms with Gasteiger partial charge in [0.05, 0.1) is 31.9 Å². The molecule has 2 amide bonds. The molecule has 7 nitrogen and oxygen atoms in total. The highest BCUT2D eigenvalue weighted by Gasteiger charge is 2.33. The van der Waals surface area contributed by atoms with Gasteiger partial charge < -0.3 is 24.8 Å². The van der Waals surface area contributed by atoms with Gasteiger partial charge in [-0.15, -0.1) is 0 Å². The van der Waals surface area contributed by atoms with Crippen LogP contribution in [-0.2, 0) is 9.53 Å². The van der Waals surface area contributed by atoms with Gasteiger partial charge in [-0.1, -0.05) is 0 Å². The number of carbonyl (C=O) groups is 2. The second-order valence-electron chi connectivity index (χ2n) is 5.13. The Labute approximate surface area is 141 Å². The van der Waals surface area contributed by atoms with Crippen LogP contribution in [0.15, 0.2) is 29.5 Å². The Balaban J connectivity index is 2.56. The smallest absolute Gasteiger partial charge is 0.337 e. The van der Waals surface area contributed by atoms with Crippen LogP contribution in [0, 0.1) is 0 Å². The number of benzene rings is 1. The molecule has 1 unspecified atom stereocenters. The summed E-state index contributed by atoms with van der Waals surface area (Å²) in [4.78, 5) is 24.1. The fraction of sp³-hybridized carbons (Fsp3) is 0.412. The van der Waals surface area contributed by atoms with Gasteiger partial charge in [-0.25, -0.2) is 9.59 Å². The van der Waals surface area contributed by atoms with E-state index in [9.17, 15) is 9.59 Å². The molecule has 2 N–H and O–H groups in total. The maximum atomic E-state index is 12.2. The summed E-state index contributed by atoms with van der Waals surface area (Å²) in [7, 11) is 1.30. The highest BCUT2D eigenvalue weighted by Crippen LogP contribution is 2.36. The van der Waals surface area contributed by atoms with E-state index in [2.05, 4.69) is 10.6 Å². The average Bonchev–Trinajstić information content (AvgIpc) is 2.55. The van der Waals surface area contributed by atoms with Crippen LogP contribution >= 0.6 is 0 Å². The number of allylic oxidation sites excluding steroid dienone is 1. The van der Waals surface area contributed by atoms with Crippen LogP contribution in [0.5, 0.6) is 11.5 Å². The van der Waals surface area contributed by atoms with Crippen molar-refractivity contribution in [3.63, 3.8) is 0 Å². The molecule has 2 rings (SSSR count). The molecule has 0 bridgehead atoms. The van der Waals surface area contributed by atoms with E-state index in [0.717, 1.165) is 0 Å². The molecular formula is C17H22N2O5. The number of methoxy groups -OCH3 is 1. The van der Waals surface area contributed by atoms with Gasteiger partial charge in [0.15, 0.2) is 0 Å². The summed E-state index contributed by atoms with van der Waals surface area (Å²) in [5.74, 6) is 0.683. The van der Waals surface area contributed by atoms with Crippen molar-refractivity contribution < 1.29 is 23.8 Å². The zero-order valence-corrected chi connectivity index (χ0v) is 14.3. The third-order valence-electron chi connectivity index (χ3n) is 3.58. The second-order valence-corrected chi connectivity index (χ2v) is 5.13. The summed E-state index contributed by atoms with van der Waals surface area (Å²) in [5, 5.41) is 5.34. The number of urea groups is 1. The maximum absolute atomic E-state index is 12.2. The van der Waals surface area contributed by atoms with Crippen molar-refractivity contribution in [1.29, 1.82) is 0 Å². The van der Waals surface area contributed by atoms with Crippen LogP contribution < -0.4 is 20.1 Å². The summed E-state index contributed by atoms with van der Waals surface area (Å²) in [6, 6.07) is 4.24. The van der Waals surface area contributed by atoms with Crippen LogP contribution in [0.3, 0.4) is 0 Å². The van der Waals surface area contributed by atoms with Crippen molar-refractivity contribution >= 4 is 12.0 Å². The normalized spacial score (nSPS) is 17.0. The second kappa shape index (κ2) is 7.72. The Morgan fingerprint density at radius 3 is 2.54 bits per heavy atom. The quantitative estimate of drug-likeness (QED) is 0.780. The molecule has 1 atom stereocenters. The highest BCUT2D eigenvalue weighted by molar-refractivity contribution is 5.95. The van der Waals surface area contributed by atoms with E-state index in [1.807, 2.05) is 13.8 Å². The molecule has 1 heterocycles. The van der Waals surface area contributed by atoms with Crippen molar-refractivity contribution in [3.05, 3.63) is 35.0 Å². The molecule has 1 aromatic carbocycles. The molecule has 0 aromatic heterocycles. The lowest BCUT2D eigenvalue weighted by molar-refractivity contribution is -0.136. The molecule has 1 aliphatic heterocycles. The van der Waals surface area contributed by atoms with Gasteiger partial charge in [0.1, 0.15) is 11.5 Å². The van der Waals surface area contributed by atoms with Gasteiger partial charge in [-0.3, -0.25) is 0 Å². The number of esters is 1. The summed E-state index contributed by atoms with van der Waals surface area (Å²) >= 11 is 0. The zero-order chi connectivity index (χ0) is 17.7. The van der Waals surface area contributed by atoms with Crippen molar-refractivity contribution in [2.45, 2.75) is 26.8 Å².